The number of rotatable bonds is 6. The molecule has 3 aromatic rings. The van der Waals surface area contributed by atoms with E-state index in [4.69, 9.17) is 23.8 Å². The summed E-state index contributed by atoms with van der Waals surface area (Å²) in [4.78, 5) is 38.2. The van der Waals surface area contributed by atoms with Crippen LogP contribution in [0.5, 0.6) is 0 Å². The topological polar surface area (TPSA) is 117 Å². The number of nitro groups is 1. The van der Waals surface area contributed by atoms with E-state index in [1.165, 1.54) is 6.07 Å². The largest absolute Gasteiger partial charge is 0.366 e. The lowest BCUT2D eigenvalue weighted by Gasteiger charge is -2.18. The minimum Gasteiger partial charge on any atom is -0.366 e. The first-order valence-corrected chi connectivity index (χ1v) is 11.9. The lowest BCUT2D eigenvalue weighted by Crippen LogP contribution is -2.34. The van der Waals surface area contributed by atoms with Crippen molar-refractivity contribution in [3.05, 3.63) is 93.0 Å². The monoisotopic (exact) mass is 523 g/mol. The standard InChI is InChI=1S/C25H22ClN5O4S/c26-18-6-3-5-16(13-18)23(32)27-19-7-4-8-20(15-19)28-25(36)29-24(33)17-9-10-21(22(14-17)31(34)35)30-11-1-2-12-30/h3-10,13-15H,1-2,11-12H2,(H,27,32)(H2,28,29,33,36). The Morgan fingerprint density at radius 2 is 1.56 bits per heavy atom. The highest BCUT2D eigenvalue weighted by atomic mass is 35.5. The first-order chi connectivity index (χ1) is 17.3. The van der Waals surface area contributed by atoms with E-state index in [9.17, 15) is 19.7 Å². The van der Waals surface area contributed by atoms with Gasteiger partial charge in [-0.2, -0.15) is 0 Å². The minimum atomic E-state index is -0.575. The highest BCUT2D eigenvalue weighted by Crippen LogP contribution is 2.31. The molecule has 184 valence electrons. The smallest absolute Gasteiger partial charge is 0.293 e. The van der Waals surface area contributed by atoms with Gasteiger partial charge in [-0.1, -0.05) is 23.7 Å². The van der Waals surface area contributed by atoms with Crippen molar-refractivity contribution in [2.45, 2.75) is 12.8 Å². The van der Waals surface area contributed by atoms with Crippen molar-refractivity contribution in [3.8, 4) is 0 Å². The van der Waals surface area contributed by atoms with E-state index in [1.807, 2.05) is 4.90 Å². The lowest BCUT2D eigenvalue weighted by atomic mass is 10.1. The summed E-state index contributed by atoms with van der Waals surface area (Å²) >= 11 is 11.2. The summed E-state index contributed by atoms with van der Waals surface area (Å²) < 4.78 is 0. The number of benzene rings is 3. The molecule has 0 radical (unpaired) electrons. The number of nitrogens with zero attached hydrogens (tertiary/aromatic N) is 2. The zero-order chi connectivity index (χ0) is 25.7. The molecule has 1 fully saturated rings. The van der Waals surface area contributed by atoms with Crippen molar-refractivity contribution >= 4 is 63.5 Å². The first-order valence-electron chi connectivity index (χ1n) is 11.1. The van der Waals surface area contributed by atoms with Gasteiger partial charge in [0.15, 0.2) is 5.11 Å². The Bertz CT molecular complexity index is 1340. The number of anilines is 3. The van der Waals surface area contributed by atoms with Gasteiger partial charge < -0.3 is 15.5 Å². The highest BCUT2D eigenvalue weighted by Gasteiger charge is 2.24. The molecule has 0 atom stereocenters. The molecule has 1 heterocycles. The maximum Gasteiger partial charge on any atom is 0.293 e. The quantitative estimate of drug-likeness (QED) is 0.230. The Balaban J connectivity index is 1.40. The number of hydrogen-bond donors (Lipinski definition) is 3. The number of nitrogens with one attached hydrogen (secondary N) is 3. The third-order valence-corrected chi connectivity index (χ3v) is 6.01. The maximum atomic E-state index is 12.7. The van der Waals surface area contributed by atoms with Crippen LogP contribution in [0.15, 0.2) is 66.7 Å². The number of hydrogen-bond acceptors (Lipinski definition) is 6. The highest BCUT2D eigenvalue weighted by molar-refractivity contribution is 7.80. The summed E-state index contributed by atoms with van der Waals surface area (Å²) in [6.45, 7) is 1.50. The molecule has 1 aliphatic rings. The van der Waals surface area contributed by atoms with Crippen LogP contribution in [-0.2, 0) is 0 Å². The fraction of sp³-hybridized carbons (Fsp3) is 0.160. The van der Waals surface area contributed by atoms with E-state index in [0.717, 1.165) is 25.9 Å². The fourth-order valence-corrected chi connectivity index (χ4v) is 4.28. The maximum absolute atomic E-state index is 12.7. The van der Waals surface area contributed by atoms with Crippen LogP contribution in [0.25, 0.3) is 0 Å². The van der Waals surface area contributed by atoms with Crippen molar-refractivity contribution in [2.75, 3.05) is 28.6 Å². The van der Waals surface area contributed by atoms with Crippen LogP contribution in [0.3, 0.4) is 0 Å². The van der Waals surface area contributed by atoms with E-state index >= 15 is 0 Å². The molecule has 0 unspecified atom stereocenters. The van der Waals surface area contributed by atoms with Gasteiger partial charge in [-0.3, -0.25) is 25.0 Å². The molecule has 11 heteroatoms. The molecule has 3 N–H and O–H groups in total. The van der Waals surface area contributed by atoms with Gasteiger partial charge in [-0.25, -0.2) is 0 Å². The predicted molar refractivity (Wildman–Crippen MR) is 144 cm³/mol. The number of nitro benzene ring substituents is 1. The number of thiocarbonyl (C=S) groups is 1. The van der Waals surface area contributed by atoms with E-state index in [2.05, 4.69) is 16.0 Å². The van der Waals surface area contributed by atoms with Crippen LogP contribution in [0.2, 0.25) is 5.02 Å². The van der Waals surface area contributed by atoms with Gasteiger partial charge in [0.05, 0.1) is 4.92 Å². The van der Waals surface area contributed by atoms with Crippen molar-refractivity contribution in [2.24, 2.45) is 0 Å². The molecule has 0 aliphatic carbocycles. The Morgan fingerprint density at radius 3 is 2.25 bits per heavy atom. The third kappa shape index (κ3) is 6.15. The van der Waals surface area contributed by atoms with Crippen molar-refractivity contribution < 1.29 is 14.5 Å². The van der Waals surface area contributed by atoms with Crippen molar-refractivity contribution in [1.29, 1.82) is 0 Å². The molecule has 0 aromatic heterocycles. The van der Waals surface area contributed by atoms with Gasteiger partial charge in [-0.05, 0) is 73.6 Å². The SMILES string of the molecule is O=C(NC(=S)Nc1cccc(NC(=O)c2cccc(Cl)c2)c1)c1ccc(N2CCCC2)c([N+](=O)[O-])c1. The number of carbonyl (C=O) groups is 2. The fourth-order valence-electron chi connectivity index (χ4n) is 3.88. The summed E-state index contributed by atoms with van der Waals surface area (Å²) in [7, 11) is 0. The molecule has 0 bridgehead atoms. The number of amides is 2. The van der Waals surface area contributed by atoms with E-state index in [-0.39, 0.29) is 22.3 Å². The molecular formula is C25H22ClN5O4S. The van der Waals surface area contributed by atoms with E-state index < -0.39 is 10.8 Å². The molecule has 4 rings (SSSR count). The van der Waals surface area contributed by atoms with Crippen LogP contribution in [0.4, 0.5) is 22.7 Å². The van der Waals surface area contributed by atoms with Crippen molar-refractivity contribution in [1.82, 2.24) is 5.32 Å². The molecular weight excluding hydrogens is 502 g/mol. The van der Waals surface area contributed by atoms with Gasteiger partial charge in [0, 0.05) is 46.7 Å². The summed E-state index contributed by atoms with van der Waals surface area (Å²) in [5.41, 5.74) is 1.95. The predicted octanol–water partition coefficient (Wildman–Crippen LogP) is 5.23. The number of halogens is 1. The Morgan fingerprint density at radius 1 is 0.889 bits per heavy atom. The van der Waals surface area contributed by atoms with E-state index in [0.29, 0.717) is 27.6 Å². The molecule has 2 amide bonds. The molecule has 36 heavy (non-hydrogen) atoms. The lowest BCUT2D eigenvalue weighted by molar-refractivity contribution is -0.384. The third-order valence-electron chi connectivity index (χ3n) is 5.57. The van der Waals surface area contributed by atoms with Crippen LogP contribution >= 0.6 is 23.8 Å². The van der Waals surface area contributed by atoms with Gasteiger partial charge in [-0.15, -0.1) is 0 Å². The Hall–Kier alpha value is -4.02. The second kappa shape index (κ2) is 11.1. The van der Waals surface area contributed by atoms with E-state index in [1.54, 1.807) is 60.7 Å². The Labute approximate surface area is 217 Å². The number of carbonyl (C=O) groups excluding carboxylic acids is 2. The average Bonchev–Trinajstić information content (AvgIpc) is 3.38. The molecule has 9 nitrogen and oxygen atoms in total. The van der Waals surface area contributed by atoms with Gasteiger partial charge in [0.1, 0.15) is 5.69 Å². The molecule has 0 saturated carbocycles. The summed E-state index contributed by atoms with van der Waals surface area (Å²) in [5.74, 6) is -0.904. The first kappa shape index (κ1) is 25.1. The second-order valence-electron chi connectivity index (χ2n) is 8.11. The van der Waals surface area contributed by atoms with Crippen molar-refractivity contribution in [3.63, 3.8) is 0 Å². The molecule has 3 aromatic carbocycles. The van der Waals surface area contributed by atoms with Crippen LogP contribution in [0.1, 0.15) is 33.6 Å². The second-order valence-corrected chi connectivity index (χ2v) is 8.95. The molecule has 1 aliphatic heterocycles. The summed E-state index contributed by atoms with van der Waals surface area (Å²) in [6.07, 6.45) is 1.95. The minimum absolute atomic E-state index is 0.00425. The van der Waals surface area contributed by atoms with Gasteiger partial charge in [0.2, 0.25) is 0 Å². The van der Waals surface area contributed by atoms with Crippen LogP contribution in [0, 0.1) is 10.1 Å². The van der Waals surface area contributed by atoms with Crippen LogP contribution < -0.4 is 20.9 Å². The average molecular weight is 524 g/mol. The zero-order valence-corrected chi connectivity index (χ0v) is 20.6. The normalized spacial score (nSPS) is 12.6. The Kier molecular flexibility index (Phi) is 7.77. The van der Waals surface area contributed by atoms with Crippen LogP contribution in [-0.4, -0.2) is 34.9 Å². The zero-order valence-electron chi connectivity index (χ0n) is 19.0. The summed E-state index contributed by atoms with van der Waals surface area (Å²) in [6, 6.07) is 17.8. The van der Waals surface area contributed by atoms with Gasteiger partial charge >= 0.3 is 0 Å². The van der Waals surface area contributed by atoms with Gasteiger partial charge in [0.25, 0.3) is 17.5 Å². The summed E-state index contributed by atoms with van der Waals surface area (Å²) in [5, 5.41) is 20.3. The molecule has 1 saturated heterocycles. The molecule has 0 spiro atoms.